The van der Waals surface area contributed by atoms with E-state index in [0.29, 0.717) is 5.57 Å². The number of benzene rings is 1. The van der Waals surface area contributed by atoms with Gasteiger partial charge in [0.2, 0.25) is 5.78 Å². The van der Waals surface area contributed by atoms with Crippen molar-refractivity contribution in [3.05, 3.63) is 46.5 Å². The molecule has 2 fully saturated rings. The smallest absolute Gasteiger partial charge is 0.350 e. The van der Waals surface area contributed by atoms with Crippen molar-refractivity contribution in [1.82, 2.24) is 0 Å². The van der Waals surface area contributed by atoms with E-state index in [2.05, 4.69) is 0 Å². The Morgan fingerprint density at radius 2 is 1.75 bits per heavy atom. The van der Waals surface area contributed by atoms with Gasteiger partial charge in [0.15, 0.2) is 11.4 Å². The minimum atomic E-state index is -1.95. The molecule has 0 unspecified atom stereocenters. The Bertz CT molecular complexity index is 890. The van der Waals surface area contributed by atoms with E-state index in [1.807, 2.05) is 13.8 Å². The number of allylic oxidation sites excluding steroid dienone is 1. The zero-order valence-electron chi connectivity index (χ0n) is 16.1. The van der Waals surface area contributed by atoms with Gasteiger partial charge in [0.25, 0.3) is 5.60 Å². The Morgan fingerprint density at radius 3 is 2.32 bits per heavy atom. The molecule has 1 saturated carbocycles. The van der Waals surface area contributed by atoms with Crippen LogP contribution in [0.25, 0.3) is 0 Å². The van der Waals surface area contributed by atoms with E-state index in [1.54, 1.807) is 24.3 Å². The molecule has 1 aromatic carbocycles. The minimum absolute atomic E-state index is 0.00942. The van der Waals surface area contributed by atoms with E-state index in [4.69, 9.17) is 9.47 Å². The quantitative estimate of drug-likeness (QED) is 0.363. The van der Waals surface area contributed by atoms with Crippen LogP contribution in [0.3, 0.4) is 0 Å². The van der Waals surface area contributed by atoms with Crippen molar-refractivity contribution in [2.45, 2.75) is 63.3 Å². The molecule has 1 N–H and O–H groups in total. The van der Waals surface area contributed by atoms with E-state index in [9.17, 15) is 19.5 Å². The first kappa shape index (κ1) is 19.0. The number of fused-ring (bicyclic) bond motifs is 2. The molecule has 2 atom stereocenters. The van der Waals surface area contributed by atoms with Crippen LogP contribution in [0.2, 0.25) is 0 Å². The number of rotatable bonds is 5. The summed E-state index contributed by atoms with van der Waals surface area (Å²) in [5, 5.41) is 9.73. The van der Waals surface area contributed by atoms with Crippen LogP contribution in [-0.4, -0.2) is 46.6 Å². The zero-order chi connectivity index (χ0) is 20.1. The molecule has 6 heteroatoms. The predicted molar refractivity (Wildman–Crippen MR) is 100 cm³/mol. The molecule has 148 valence electrons. The van der Waals surface area contributed by atoms with Crippen LogP contribution >= 0.6 is 0 Å². The number of aliphatic hydroxyl groups is 1. The molecule has 1 saturated heterocycles. The molecule has 0 radical (unpaired) electrons. The van der Waals surface area contributed by atoms with Crippen LogP contribution in [0.4, 0.5) is 0 Å². The Morgan fingerprint density at radius 1 is 1.14 bits per heavy atom. The summed E-state index contributed by atoms with van der Waals surface area (Å²) in [5.74, 6) is -1.71. The second-order valence-electron chi connectivity index (χ2n) is 8.06. The number of hydrogen-bond donors (Lipinski definition) is 1. The summed E-state index contributed by atoms with van der Waals surface area (Å²) >= 11 is 0. The minimum Gasteiger partial charge on any atom is -0.460 e. The average Bonchev–Trinajstić information content (AvgIpc) is 3.13. The highest BCUT2D eigenvalue weighted by atomic mass is 16.7. The highest BCUT2D eigenvalue weighted by Gasteiger charge is 2.85. The number of Topliss-reactive ketones (excluding diaryl/α,β-unsaturated/α-hetero) is 2. The second-order valence-corrected chi connectivity index (χ2v) is 8.06. The first-order chi connectivity index (χ1) is 13.4. The SMILES string of the molecule is CC(C)=C(CO)C[C@@]12O[C@]1(C(=O)OC1CCCC1)C(=O)c1ccccc1C2=O. The fourth-order valence-electron chi connectivity index (χ4n) is 4.43. The first-order valence-corrected chi connectivity index (χ1v) is 9.73. The summed E-state index contributed by atoms with van der Waals surface area (Å²) < 4.78 is 11.4. The van der Waals surface area contributed by atoms with Crippen LogP contribution in [-0.2, 0) is 14.3 Å². The lowest BCUT2D eigenvalue weighted by atomic mass is 9.71. The van der Waals surface area contributed by atoms with E-state index in [0.717, 1.165) is 31.3 Å². The molecule has 1 aromatic rings. The van der Waals surface area contributed by atoms with E-state index in [-0.39, 0.29) is 30.3 Å². The Labute approximate surface area is 163 Å². The third-order valence-electron chi connectivity index (χ3n) is 6.18. The third-order valence-corrected chi connectivity index (χ3v) is 6.18. The second kappa shape index (κ2) is 6.64. The molecule has 0 spiro atoms. The maximum Gasteiger partial charge on any atom is 0.350 e. The number of ketones is 2. The lowest BCUT2D eigenvalue weighted by molar-refractivity contribution is -0.153. The van der Waals surface area contributed by atoms with Crippen molar-refractivity contribution in [3.63, 3.8) is 0 Å². The maximum absolute atomic E-state index is 13.4. The number of carbonyl (C=O) groups excluding carboxylic acids is 3. The van der Waals surface area contributed by atoms with Crippen molar-refractivity contribution in [3.8, 4) is 0 Å². The van der Waals surface area contributed by atoms with Gasteiger partial charge in [-0.2, -0.15) is 0 Å². The van der Waals surface area contributed by atoms with E-state index in [1.165, 1.54) is 0 Å². The first-order valence-electron chi connectivity index (χ1n) is 9.73. The van der Waals surface area contributed by atoms with Gasteiger partial charge in [0, 0.05) is 17.5 Å². The summed E-state index contributed by atoms with van der Waals surface area (Å²) in [4.78, 5) is 39.8. The van der Waals surface area contributed by atoms with Gasteiger partial charge in [-0.05, 0) is 45.1 Å². The fraction of sp³-hybridized carbons (Fsp3) is 0.500. The van der Waals surface area contributed by atoms with Crippen molar-refractivity contribution >= 4 is 17.5 Å². The number of hydrogen-bond acceptors (Lipinski definition) is 6. The van der Waals surface area contributed by atoms with Gasteiger partial charge < -0.3 is 14.6 Å². The molecule has 1 heterocycles. The summed E-state index contributed by atoms with van der Waals surface area (Å²) in [6, 6.07) is 6.45. The molecule has 3 aliphatic rings. The molecule has 2 aliphatic carbocycles. The molecule has 28 heavy (non-hydrogen) atoms. The summed E-state index contributed by atoms with van der Waals surface area (Å²) in [6.45, 7) is 3.35. The molecular weight excluding hydrogens is 360 g/mol. The molecule has 0 bridgehead atoms. The summed E-state index contributed by atoms with van der Waals surface area (Å²) in [6.07, 6.45) is 3.19. The molecule has 0 amide bonds. The number of esters is 1. The lowest BCUT2D eigenvalue weighted by Crippen LogP contribution is -2.51. The van der Waals surface area contributed by atoms with Crippen LogP contribution in [0.15, 0.2) is 35.4 Å². The standard InChI is InChI=1S/C22H24O6/c1-13(2)14(12-23)11-21-18(24)16-9-5-6-10-17(16)19(25)22(21,28-21)20(26)27-15-7-3-4-8-15/h5-6,9-10,15,23H,3-4,7-8,11-12H2,1-2H3/t21-,22-/m0/s1. The van der Waals surface area contributed by atoms with Crippen LogP contribution in [0.5, 0.6) is 0 Å². The van der Waals surface area contributed by atoms with Crippen LogP contribution < -0.4 is 0 Å². The monoisotopic (exact) mass is 384 g/mol. The molecule has 1 aliphatic heterocycles. The van der Waals surface area contributed by atoms with Crippen molar-refractivity contribution in [2.24, 2.45) is 0 Å². The highest BCUT2D eigenvalue weighted by Crippen LogP contribution is 2.59. The van der Waals surface area contributed by atoms with Gasteiger partial charge in [0.1, 0.15) is 6.10 Å². The Balaban J connectivity index is 1.78. The number of carbonyl (C=O) groups is 3. The van der Waals surface area contributed by atoms with Crippen molar-refractivity contribution in [2.75, 3.05) is 6.61 Å². The number of ether oxygens (including phenoxy) is 2. The van der Waals surface area contributed by atoms with Crippen LogP contribution in [0, 0.1) is 0 Å². The Kier molecular flexibility index (Phi) is 4.51. The van der Waals surface area contributed by atoms with E-state index >= 15 is 0 Å². The largest absolute Gasteiger partial charge is 0.460 e. The molecule has 0 aromatic heterocycles. The lowest BCUT2D eigenvalue weighted by Gasteiger charge is -2.25. The zero-order valence-corrected chi connectivity index (χ0v) is 16.1. The third kappa shape index (κ3) is 2.51. The Hall–Kier alpha value is -2.31. The molecular formula is C22H24O6. The normalized spacial score (nSPS) is 28.5. The number of aliphatic hydroxyl groups excluding tert-OH is 1. The number of epoxide rings is 1. The van der Waals surface area contributed by atoms with Gasteiger partial charge in [-0.15, -0.1) is 0 Å². The average molecular weight is 384 g/mol. The van der Waals surface area contributed by atoms with Gasteiger partial charge in [-0.3, -0.25) is 9.59 Å². The fourth-order valence-corrected chi connectivity index (χ4v) is 4.43. The predicted octanol–water partition coefficient (Wildman–Crippen LogP) is 2.78. The van der Waals surface area contributed by atoms with Gasteiger partial charge in [-0.25, -0.2) is 4.79 Å². The van der Waals surface area contributed by atoms with Gasteiger partial charge in [-0.1, -0.05) is 29.8 Å². The topological polar surface area (TPSA) is 93.2 Å². The van der Waals surface area contributed by atoms with Crippen molar-refractivity contribution < 1.29 is 29.0 Å². The van der Waals surface area contributed by atoms with Gasteiger partial charge >= 0.3 is 5.97 Å². The maximum atomic E-state index is 13.4. The summed E-state index contributed by atoms with van der Waals surface area (Å²) in [7, 11) is 0. The van der Waals surface area contributed by atoms with E-state index < -0.39 is 28.7 Å². The van der Waals surface area contributed by atoms with Crippen LogP contribution in [0.1, 0.15) is 66.7 Å². The molecule has 6 nitrogen and oxygen atoms in total. The highest BCUT2D eigenvalue weighted by molar-refractivity contribution is 6.32. The summed E-state index contributed by atoms with van der Waals surface area (Å²) in [5.41, 5.74) is -1.74. The van der Waals surface area contributed by atoms with Crippen molar-refractivity contribution in [1.29, 1.82) is 0 Å². The molecule has 4 rings (SSSR count). The van der Waals surface area contributed by atoms with Gasteiger partial charge in [0.05, 0.1) is 6.61 Å².